The predicted octanol–water partition coefficient (Wildman–Crippen LogP) is 4.30. The quantitative estimate of drug-likeness (QED) is 0.476. The molecule has 0 spiro atoms. The first-order valence-corrected chi connectivity index (χ1v) is 13.7. The van der Waals surface area contributed by atoms with Crippen molar-refractivity contribution in [3.63, 3.8) is 0 Å². The van der Waals surface area contributed by atoms with Crippen molar-refractivity contribution in [2.24, 2.45) is 0 Å². The van der Waals surface area contributed by atoms with Crippen molar-refractivity contribution in [3.8, 4) is 5.75 Å². The van der Waals surface area contributed by atoms with Crippen molar-refractivity contribution in [2.75, 3.05) is 19.7 Å². The highest BCUT2D eigenvalue weighted by atomic mass is 79.9. The van der Waals surface area contributed by atoms with Gasteiger partial charge in [-0.1, -0.05) is 28.1 Å². The maximum atomic E-state index is 13.2. The topological polar surface area (TPSA) is 87.2 Å². The summed E-state index contributed by atoms with van der Waals surface area (Å²) in [5.41, 5.74) is 1.59. The average molecular weight is 572 g/mol. The molecule has 0 bridgehead atoms. The molecule has 192 valence electrons. The summed E-state index contributed by atoms with van der Waals surface area (Å²) in [6, 6.07) is 11.7. The maximum Gasteiger partial charge on any atom is 0.270 e. The number of hydrogen-bond donors (Lipinski definition) is 1. The second-order valence-electron chi connectivity index (χ2n) is 9.75. The van der Waals surface area contributed by atoms with Gasteiger partial charge in [0.2, 0.25) is 0 Å². The predicted molar refractivity (Wildman–Crippen MR) is 136 cm³/mol. The zero-order chi connectivity index (χ0) is 26.0. The Morgan fingerprint density at radius 1 is 1.14 bits per heavy atom. The number of piperazine rings is 1. The molecule has 10 heteroatoms. The van der Waals surface area contributed by atoms with E-state index in [4.69, 9.17) is 4.74 Å². The van der Waals surface area contributed by atoms with E-state index < -0.39 is 14.9 Å². The van der Waals surface area contributed by atoms with Gasteiger partial charge in [-0.15, -0.1) is 0 Å². The molecule has 0 aliphatic carbocycles. The molecule has 1 heterocycles. The van der Waals surface area contributed by atoms with Crippen molar-refractivity contribution in [1.29, 1.82) is 0 Å². The lowest BCUT2D eigenvalue weighted by molar-refractivity contribution is -0.139. The summed E-state index contributed by atoms with van der Waals surface area (Å²) in [6.45, 7) is 8.62. The molecule has 3 rings (SSSR count). The molecule has 1 aliphatic heterocycles. The van der Waals surface area contributed by atoms with Crippen LogP contribution in [0.4, 0.5) is 4.39 Å². The van der Waals surface area contributed by atoms with E-state index in [1.807, 2.05) is 6.92 Å². The maximum absolute atomic E-state index is 13.2. The van der Waals surface area contributed by atoms with Gasteiger partial charge >= 0.3 is 0 Å². The van der Waals surface area contributed by atoms with E-state index in [-0.39, 0.29) is 36.8 Å². The molecule has 7 nitrogen and oxygen atoms in total. The summed E-state index contributed by atoms with van der Waals surface area (Å²) in [7, 11) is -4.29. The number of halogens is 2. The summed E-state index contributed by atoms with van der Waals surface area (Å²) in [6.07, 6.45) is 0.0181. The highest BCUT2D eigenvalue weighted by molar-refractivity contribution is 9.10. The Labute approximate surface area is 215 Å². The molecule has 1 N–H and O–H groups in total. The Balaban J connectivity index is 1.64. The van der Waals surface area contributed by atoms with Gasteiger partial charge in [-0.25, -0.2) is 4.39 Å². The van der Waals surface area contributed by atoms with Gasteiger partial charge in [0.15, 0.2) is 6.61 Å². The number of benzene rings is 2. The number of nitrogens with zero attached hydrogens (tertiary/aromatic N) is 2. The second kappa shape index (κ2) is 10.9. The highest BCUT2D eigenvalue weighted by Crippen LogP contribution is 2.30. The fourth-order valence-corrected chi connectivity index (χ4v) is 4.94. The minimum Gasteiger partial charge on any atom is -0.483 e. The van der Waals surface area contributed by atoms with E-state index in [0.29, 0.717) is 30.9 Å². The van der Waals surface area contributed by atoms with E-state index in [0.717, 1.165) is 10.0 Å². The van der Waals surface area contributed by atoms with Crippen molar-refractivity contribution >= 4 is 32.0 Å². The molecular formula is C25H32BrFN2O5S. The Kier molecular flexibility index (Phi) is 8.62. The zero-order valence-corrected chi connectivity index (χ0v) is 22.8. The van der Waals surface area contributed by atoms with Gasteiger partial charge in [0.05, 0.1) is 4.75 Å². The van der Waals surface area contributed by atoms with E-state index >= 15 is 0 Å². The molecular weight excluding hydrogens is 539 g/mol. The van der Waals surface area contributed by atoms with Crippen LogP contribution in [0, 0.1) is 5.82 Å². The zero-order valence-electron chi connectivity index (χ0n) is 20.4. The molecule has 0 saturated carbocycles. The van der Waals surface area contributed by atoms with Crippen LogP contribution in [-0.4, -0.2) is 65.2 Å². The molecule has 1 amide bonds. The van der Waals surface area contributed by atoms with Crippen molar-refractivity contribution in [2.45, 2.75) is 57.5 Å². The standard InChI is InChI=1S/C25H32BrFN2O5S/c1-17-14-29(18(2)13-28(17)15-19-5-8-22(27)9-6-19)24(30)16-34-23-10-7-21(26)11-20(23)12-25(3,4)35(31,32)33/h5-11,17-18H,12-16H2,1-4H3,(H,31,32,33)/t17-,18+/m0/s1. The molecule has 1 aliphatic rings. The Morgan fingerprint density at radius 3 is 2.43 bits per heavy atom. The first-order chi connectivity index (χ1) is 16.3. The third-order valence-corrected chi connectivity index (χ3v) is 8.46. The summed E-state index contributed by atoms with van der Waals surface area (Å²) in [5, 5.41) is 0. The number of ether oxygens (including phenoxy) is 1. The van der Waals surface area contributed by atoms with E-state index in [2.05, 4.69) is 27.8 Å². The SMILES string of the molecule is C[C@@H]1CN(Cc2ccc(F)cc2)[C@@H](C)CN1C(=O)COc1ccc(Br)cc1CC(C)(C)S(=O)(=O)O. The number of rotatable bonds is 8. The fourth-order valence-electron chi connectivity index (χ4n) is 4.19. The van der Waals surface area contributed by atoms with Crippen LogP contribution < -0.4 is 4.74 Å². The fraction of sp³-hybridized carbons (Fsp3) is 0.480. The Bertz CT molecular complexity index is 1160. The van der Waals surface area contributed by atoms with Gasteiger partial charge in [0.25, 0.3) is 16.0 Å². The lowest BCUT2D eigenvalue weighted by atomic mass is 10.0. The monoisotopic (exact) mass is 570 g/mol. The molecule has 35 heavy (non-hydrogen) atoms. The van der Waals surface area contributed by atoms with E-state index in [9.17, 15) is 22.2 Å². The van der Waals surface area contributed by atoms with Gasteiger partial charge in [-0.05, 0) is 75.6 Å². The molecule has 0 aromatic heterocycles. The highest BCUT2D eigenvalue weighted by Gasteiger charge is 2.35. The average Bonchev–Trinajstić information content (AvgIpc) is 2.75. The van der Waals surface area contributed by atoms with Crippen LogP contribution in [0.15, 0.2) is 46.9 Å². The van der Waals surface area contributed by atoms with Crippen LogP contribution in [0.25, 0.3) is 0 Å². The number of amides is 1. The largest absolute Gasteiger partial charge is 0.483 e. The second-order valence-corrected chi connectivity index (χ2v) is 12.7. The van der Waals surface area contributed by atoms with Crippen LogP contribution in [0.3, 0.4) is 0 Å². The first kappa shape index (κ1) is 27.6. The normalized spacial score (nSPS) is 19.6. The summed E-state index contributed by atoms with van der Waals surface area (Å²) in [5.74, 6) is -0.0244. The smallest absolute Gasteiger partial charge is 0.270 e. The lowest BCUT2D eigenvalue weighted by Gasteiger charge is -2.44. The molecule has 2 aromatic carbocycles. The molecule has 0 unspecified atom stereocenters. The van der Waals surface area contributed by atoms with Crippen LogP contribution >= 0.6 is 15.9 Å². The molecule has 1 saturated heterocycles. The van der Waals surface area contributed by atoms with Gasteiger partial charge in [0.1, 0.15) is 11.6 Å². The third-order valence-electron chi connectivity index (χ3n) is 6.42. The number of carbonyl (C=O) groups excluding carboxylic acids is 1. The van der Waals surface area contributed by atoms with E-state index in [1.54, 1.807) is 35.2 Å². The van der Waals surface area contributed by atoms with Gasteiger partial charge in [0, 0.05) is 36.2 Å². The Hall–Kier alpha value is -2.01. The Morgan fingerprint density at radius 2 is 1.80 bits per heavy atom. The van der Waals surface area contributed by atoms with Crippen LogP contribution in [0.1, 0.15) is 38.8 Å². The minimum absolute atomic E-state index is 0.0181. The van der Waals surface area contributed by atoms with Crippen LogP contribution in [-0.2, 0) is 27.9 Å². The van der Waals surface area contributed by atoms with Crippen LogP contribution in [0.2, 0.25) is 0 Å². The van der Waals surface area contributed by atoms with Crippen molar-refractivity contribution < 1.29 is 26.9 Å². The number of hydrogen-bond acceptors (Lipinski definition) is 5. The summed E-state index contributed by atoms with van der Waals surface area (Å²) >= 11 is 3.38. The van der Waals surface area contributed by atoms with Crippen molar-refractivity contribution in [3.05, 3.63) is 63.9 Å². The van der Waals surface area contributed by atoms with Gasteiger partial charge in [-0.2, -0.15) is 8.42 Å². The minimum atomic E-state index is -4.29. The van der Waals surface area contributed by atoms with Crippen molar-refractivity contribution in [1.82, 2.24) is 9.80 Å². The van der Waals surface area contributed by atoms with Crippen LogP contribution in [0.5, 0.6) is 5.75 Å². The van der Waals surface area contributed by atoms with E-state index in [1.165, 1.54) is 26.0 Å². The number of carbonyl (C=O) groups is 1. The molecule has 2 atom stereocenters. The summed E-state index contributed by atoms with van der Waals surface area (Å²) < 4.78 is 51.5. The molecule has 1 fully saturated rings. The van der Waals surface area contributed by atoms with Gasteiger partial charge in [-0.3, -0.25) is 14.2 Å². The third kappa shape index (κ3) is 7.03. The molecule has 2 aromatic rings. The molecule has 0 radical (unpaired) electrons. The van der Waals surface area contributed by atoms with Gasteiger partial charge < -0.3 is 9.64 Å². The lowest BCUT2D eigenvalue weighted by Crippen LogP contribution is -2.58. The summed E-state index contributed by atoms with van der Waals surface area (Å²) in [4.78, 5) is 17.1. The first-order valence-electron chi connectivity index (χ1n) is 11.4.